The maximum atomic E-state index is 11.6. The number of hydrogen-bond acceptors (Lipinski definition) is 2. The minimum absolute atomic E-state index is 0.0982. The fraction of sp³-hybridized carbons (Fsp3) is 0.917. The first-order valence-electron chi connectivity index (χ1n) is 5.84. The largest absolute Gasteiger partial charge is 0.356 e. The topological polar surface area (TPSA) is 55.1 Å². The summed E-state index contributed by atoms with van der Waals surface area (Å²) in [6.07, 6.45) is 2.55. The fourth-order valence-corrected chi connectivity index (χ4v) is 2.00. The van der Waals surface area contributed by atoms with Gasteiger partial charge in [-0.25, -0.2) is 0 Å². The second kappa shape index (κ2) is 6.83. The lowest BCUT2D eigenvalue weighted by atomic mass is 9.81. The van der Waals surface area contributed by atoms with Gasteiger partial charge in [-0.2, -0.15) is 0 Å². The number of amides is 1. The molecule has 0 fully saturated rings. The van der Waals surface area contributed by atoms with Crippen molar-refractivity contribution >= 4 is 5.91 Å². The monoisotopic (exact) mass is 214 g/mol. The summed E-state index contributed by atoms with van der Waals surface area (Å²) in [6.45, 7) is 10.0. The third-order valence-electron chi connectivity index (χ3n) is 2.30. The molecule has 0 saturated heterocycles. The number of nitrogens with two attached hydrogens (primary N) is 1. The summed E-state index contributed by atoms with van der Waals surface area (Å²) in [5.74, 6) is 0.783. The van der Waals surface area contributed by atoms with E-state index in [1.807, 2.05) is 0 Å². The molecule has 1 amide bonds. The van der Waals surface area contributed by atoms with Gasteiger partial charge in [-0.3, -0.25) is 4.79 Å². The second-order valence-corrected chi connectivity index (χ2v) is 5.43. The van der Waals surface area contributed by atoms with E-state index in [0.29, 0.717) is 25.4 Å². The molecule has 0 rings (SSSR count). The summed E-state index contributed by atoms with van der Waals surface area (Å²) in [4.78, 5) is 11.6. The Bertz CT molecular complexity index is 188. The Hall–Kier alpha value is -0.570. The van der Waals surface area contributed by atoms with Crippen molar-refractivity contribution in [3.63, 3.8) is 0 Å². The van der Waals surface area contributed by atoms with Crippen LogP contribution in [0.25, 0.3) is 0 Å². The summed E-state index contributed by atoms with van der Waals surface area (Å²) < 4.78 is 0. The molecule has 3 N–H and O–H groups in total. The Morgan fingerprint density at radius 2 is 2.00 bits per heavy atom. The van der Waals surface area contributed by atoms with E-state index < -0.39 is 0 Å². The molecular weight excluding hydrogens is 188 g/mol. The van der Waals surface area contributed by atoms with Crippen molar-refractivity contribution in [3.8, 4) is 0 Å². The van der Waals surface area contributed by atoms with Crippen molar-refractivity contribution in [1.82, 2.24) is 5.32 Å². The molecule has 0 aromatic rings. The van der Waals surface area contributed by atoms with Gasteiger partial charge in [0.1, 0.15) is 0 Å². The van der Waals surface area contributed by atoms with E-state index in [4.69, 9.17) is 5.73 Å². The molecule has 0 heterocycles. The summed E-state index contributed by atoms with van der Waals surface area (Å²) in [5.41, 5.74) is 5.45. The highest BCUT2D eigenvalue weighted by atomic mass is 16.1. The summed E-state index contributed by atoms with van der Waals surface area (Å²) in [5, 5.41) is 2.89. The van der Waals surface area contributed by atoms with E-state index in [1.54, 1.807) is 0 Å². The lowest BCUT2D eigenvalue weighted by Gasteiger charge is -2.25. The zero-order valence-corrected chi connectivity index (χ0v) is 10.6. The van der Waals surface area contributed by atoms with Crippen molar-refractivity contribution in [2.45, 2.75) is 47.0 Å². The Kier molecular flexibility index (Phi) is 6.57. The first kappa shape index (κ1) is 14.4. The maximum Gasteiger partial charge on any atom is 0.220 e. The van der Waals surface area contributed by atoms with E-state index in [0.717, 1.165) is 12.8 Å². The second-order valence-electron chi connectivity index (χ2n) is 5.43. The molecule has 0 unspecified atom stereocenters. The van der Waals surface area contributed by atoms with Gasteiger partial charge in [0.15, 0.2) is 0 Å². The summed E-state index contributed by atoms with van der Waals surface area (Å²) >= 11 is 0. The van der Waals surface area contributed by atoms with Crippen LogP contribution in [0.15, 0.2) is 0 Å². The SMILES string of the molecule is CC(C)CC(C)(C)CC(=O)NCCCN. The lowest BCUT2D eigenvalue weighted by Crippen LogP contribution is -2.31. The summed E-state index contributed by atoms with van der Waals surface area (Å²) in [7, 11) is 0. The van der Waals surface area contributed by atoms with Crippen LogP contribution < -0.4 is 11.1 Å². The van der Waals surface area contributed by atoms with Crippen LogP contribution in [-0.4, -0.2) is 19.0 Å². The van der Waals surface area contributed by atoms with E-state index in [1.165, 1.54) is 0 Å². The molecular formula is C12H26N2O. The third-order valence-corrected chi connectivity index (χ3v) is 2.30. The van der Waals surface area contributed by atoms with Crippen molar-refractivity contribution in [1.29, 1.82) is 0 Å². The van der Waals surface area contributed by atoms with E-state index >= 15 is 0 Å². The zero-order valence-electron chi connectivity index (χ0n) is 10.6. The highest BCUT2D eigenvalue weighted by Crippen LogP contribution is 2.28. The van der Waals surface area contributed by atoms with Gasteiger partial charge < -0.3 is 11.1 Å². The normalized spacial score (nSPS) is 11.9. The number of carbonyl (C=O) groups excluding carboxylic acids is 1. The van der Waals surface area contributed by atoms with Crippen LogP contribution in [0.3, 0.4) is 0 Å². The Labute approximate surface area is 93.8 Å². The van der Waals surface area contributed by atoms with E-state index in [2.05, 4.69) is 33.0 Å². The van der Waals surface area contributed by atoms with Gasteiger partial charge in [-0.1, -0.05) is 27.7 Å². The average Bonchev–Trinajstić information content (AvgIpc) is 2.00. The van der Waals surface area contributed by atoms with Crippen molar-refractivity contribution in [3.05, 3.63) is 0 Å². The highest BCUT2D eigenvalue weighted by Gasteiger charge is 2.22. The first-order valence-corrected chi connectivity index (χ1v) is 5.84. The molecule has 0 aromatic heterocycles. The lowest BCUT2D eigenvalue weighted by molar-refractivity contribution is -0.123. The van der Waals surface area contributed by atoms with Crippen LogP contribution in [0.2, 0.25) is 0 Å². The van der Waals surface area contributed by atoms with Crippen LogP contribution in [0.1, 0.15) is 47.0 Å². The van der Waals surface area contributed by atoms with Gasteiger partial charge in [0, 0.05) is 13.0 Å². The highest BCUT2D eigenvalue weighted by molar-refractivity contribution is 5.76. The molecule has 0 spiro atoms. The molecule has 0 aliphatic rings. The van der Waals surface area contributed by atoms with E-state index in [-0.39, 0.29) is 11.3 Å². The minimum Gasteiger partial charge on any atom is -0.356 e. The molecule has 0 atom stereocenters. The Morgan fingerprint density at radius 3 is 2.47 bits per heavy atom. The van der Waals surface area contributed by atoms with Gasteiger partial charge in [-0.15, -0.1) is 0 Å². The van der Waals surface area contributed by atoms with Gasteiger partial charge in [-0.05, 0) is 30.7 Å². The van der Waals surface area contributed by atoms with Crippen LogP contribution in [0, 0.1) is 11.3 Å². The Balaban J connectivity index is 3.83. The van der Waals surface area contributed by atoms with Crippen LogP contribution >= 0.6 is 0 Å². The third kappa shape index (κ3) is 8.43. The molecule has 15 heavy (non-hydrogen) atoms. The van der Waals surface area contributed by atoms with Gasteiger partial charge in [0.25, 0.3) is 0 Å². The predicted molar refractivity (Wildman–Crippen MR) is 64.5 cm³/mol. The summed E-state index contributed by atoms with van der Waals surface area (Å²) in [6, 6.07) is 0. The molecule has 0 aromatic carbocycles. The number of nitrogens with one attached hydrogen (secondary N) is 1. The fourth-order valence-electron chi connectivity index (χ4n) is 2.00. The smallest absolute Gasteiger partial charge is 0.220 e. The van der Waals surface area contributed by atoms with E-state index in [9.17, 15) is 4.79 Å². The van der Waals surface area contributed by atoms with Crippen LogP contribution in [-0.2, 0) is 4.79 Å². The van der Waals surface area contributed by atoms with Crippen LogP contribution in [0.5, 0.6) is 0 Å². The number of hydrogen-bond donors (Lipinski definition) is 2. The molecule has 0 radical (unpaired) electrons. The average molecular weight is 214 g/mol. The first-order chi connectivity index (χ1) is 6.87. The minimum atomic E-state index is 0.0982. The zero-order chi connectivity index (χ0) is 11.9. The van der Waals surface area contributed by atoms with Crippen molar-refractivity contribution in [2.24, 2.45) is 17.1 Å². The Morgan fingerprint density at radius 1 is 1.40 bits per heavy atom. The van der Waals surface area contributed by atoms with Gasteiger partial charge in [0.2, 0.25) is 5.91 Å². The maximum absolute atomic E-state index is 11.6. The van der Waals surface area contributed by atoms with Crippen molar-refractivity contribution < 1.29 is 4.79 Å². The standard InChI is InChI=1S/C12H26N2O/c1-10(2)8-12(3,4)9-11(15)14-7-5-6-13/h10H,5-9,13H2,1-4H3,(H,14,15). The molecule has 0 bridgehead atoms. The molecule has 0 aliphatic heterocycles. The molecule has 0 saturated carbocycles. The molecule has 90 valence electrons. The predicted octanol–water partition coefficient (Wildman–Crippen LogP) is 1.91. The number of carbonyl (C=O) groups is 1. The van der Waals surface area contributed by atoms with Crippen molar-refractivity contribution in [2.75, 3.05) is 13.1 Å². The quantitative estimate of drug-likeness (QED) is 0.636. The molecule has 3 heteroatoms. The van der Waals surface area contributed by atoms with Gasteiger partial charge >= 0.3 is 0 Å². The molecule has 0 aliphatic carbocycles. The number of rotatable bonds is 7. The molecule has 3 nitrogen and oxygen atoms in total. The van der Waals surface area contributed by atoms with Gasteiger partial charge in [0.05, 0.1) is 0 Å². The van der Waals surface area contributed by atoms with Crippen LogP contribution in [0.4, 0.5) is 0 Å².